The molecule has 0 bridgehead atoms. The first-order valence-electron chi connectivity index (χ1n) is 10.4. The van der Waals surface area contributed by atoms with Gasteiger partial charge in [-0.15, -0.1) is 0 Å². The van der Waals surface area contributed by atoms with Gasteiger partial charge in [0.2, 0.25) is 11.7 Å². The second-order valence-electron chi connectivity index (χ2n) is 7.35. The van der Waals surface area contributed by atoms with Crippen molar-refractivity contribution in [2.75, 3.05) is 12.3 Å². The SMILES string of the molecule is N#CCCCOc1ccc(Cc2cc(-n3cc(-c4cccnc4)nc3C#N)ccc2N)cn1. The Morgan fingerprint density at radius 2 is 2.00 bits per heavy atom. The maximum atomic E-state index is 9.61. The van der Waals surface area contributed by atoms with Crippen LogP contribution in [0.3, 0.4) is 0 Å². The molecule has 0 aliphatic rings. The zero-order valence-electron chi connectivity index (χ0n) is 17.8. The lowest BCUT2D eigenvalue weighted by Crippen LogP contribution is -2.02. The number of nitrogen functional groups attached to an aromatic ring is 1. The quantitative estimate of drug-likeness (QED) is 0.327. The van der Waals surface area contributed by atoms with Crippen LogP contribution in [0.4, 0.5) is 5.69 Å². The molecule has 0 saturated heterocycles. The minimum Gasteiger partial charge on any atom is -0.478 e. The van der Waals surface area contributed by atoms with Crippen LogP contribution >= 0.6 is 0 Å². The maximum absolute atomic E-state index is 9.61. The molecule has 33 heavy (non-hydrogen) atoms. The summed E-state index contributed by atoms with van der Waals surface area (Å²) in [5.74, 6) is 0.808. The van der Waals surface area contributed by atoms with E-state index >= 15 is 0 Å². The molecule has 4 rings (SSSR count). The van der Waals surface area contributed by atoms with E-state index in [0.29, 0.717) is 43.1 Å². The summed E-state index contributed by atoms with van der Waals surface area (Å²) < 4.78 is 7.30. The third-order valence-electron chi connectivity index (χ3n) is 5.04. The van der Waals surface area contributed by atoms with Crippen molar-refractivity contribution >= 4 is 5.69 Å². The Bertz CT molecular complexity index is 1320. The Balaban J connectivity index is 1.55. The van der Waals surface area contributed by atoms with E-state index in [1.807, 2.05) is 48.7 Å². The lowest BCUT2D eigenvalue weighted by Gasteiger charge is -2.11. The smallest absolute Gasteiger partial charge is 0.217 e. The number of pyridine rings is 2. The molecular weight excluding hydrogens is 414 g/mol. The van der Waals surface area contributed by atoms with Crippen molar-refractivity contribution < 1.29 is 4.74 Å². The van der Waals surface area contributed by atoms with Gasteiger partial charge in [-0.25, -0.2) is 9.97 Å². The number of nitrogens with zero attached hydrogens (tertiary/aromatic N) is 6. The number of unbranched alkanes of at least 4 members (excludes halogenated alkanes) is 1. The second-order valence-corrected chi connectivity index (χ2v) is 7.35. The van der Waals surface area contributed by atoms with Crippen molar-refractivity contribution in [2.45, 2.75) is 19.3 Å². The average molecular weight is 435 g/mol. The van der Waals surface area contributed by atoms with Gasteiger partial charge >= 0.3 is 0 Å². The lowest BCUT2D eigenvalue weighted by molar-refractivity contribution is 0.301. The maximum Gasteiger partial charge on any atom is 0.217 e. The topological polar surface area (TPSA) is 126 Å². The van der Waals surface area contributed by atoms with Crippen LogP contribution in [0, 0.1) is 22.7 Å². The molecule has 0 amide bonds. The molecule has 4 aromatic rings. The van der Waals surface area contributed by atoms with E-state index < -0.39 is 0 Å². The molecule has 0 saturated carbocycles. The van der Waals surface area contributed by atoms with Gasteiger partial charge in [0, 0.05) is 60.6 Å². The summed E-state index contributed by atoms with van der Waals surface area (Å²) in [4.78, 5) is 12.9. The van der Waals surface area contributed by atoms with Gasteiger partial charge in [0.05, 0.1) is 18.4 Å². The minimum absolute atomic E-state index is 0.282. The molecule has 8 heteroatoms. The van der Waals surface area contributed by atoms with Crippen LogP contribution in [0.15, 0.2) is 67.3 Å². The molecule has 8 nitrogen and oxygen atoms in total. The van der Waals surface area contributed by atoms with E-state index in [2.05, 4.69) is 27.1 Å². The van der Waals surface area contributed by atoms with Crippen LogP contribution < -0.4 is 10.5 Å². The largest absolute Gasteiger partial charge is 0.478 e. The van der Waals surface area contributed by atoms with E-state index in [4.69, 9.17) is 15.7 Å². The number of imidazole rings is 1. The Morgan fingerprint density at radius 1 is 1.09 bits per heavy atom. The molecule has 0 spiro atoms. The van der Waals surface area contributed by atoms with E-state index in [-0.39, 0.29) is 5.82 Å². The number of anilines is 1. The van der Waals surface area contributed by atoms with Crippen LogP contribution in [0.1, 0.15) is 29.8 Å². The Labute approximate surface area is 191 Å². The highest BCUT2D eigenvalue weighted by Gasteiger charge is 2.13. The Morgan fingerprint density at radius 3 is 2.73 bits per heavy atom. The molecule has 162 valence electrons. The van der Waals surface area contributed by atoms with Crippen LogP contribution in [0.2, 0.25) is 0 Å². The Hall–Kier alpha value is -4.69. The summed E-state index contributed by atoms with van der Waals surface area (Å²) in [6, 6.07) is 17.4. The van der Waals surface area contributed by atoms with Crippen LogP contribution in [-0.2, 0) is 6.42 Å². The predicted molar refractivity (Wildman–Crippen MR) is 123 cm³/mol. The standard InChI is InChI=1S/C25H21N7O/c26-9-1-2-11-33-25-8-5-18(15-30-25)12-20-13-21(6-7-22(20)28)32-17-23(31-24(32)14-27)19-4-3-10-29-16-19/h3-8,10,13,15-17H,1-2,11-12,28H2. The van der Waals surface area contributed by atoms with Gasteiger partial charge in [0.15, 0.2) is 0 Å². The molecule has 0 radical (unpaired) electrons. The molecule has 0 aliphatic carbocycles. The van der Waals surface area contributed by atoms with E-state index in [9.17, 15) is 5.26 Å². The predicted octanol–water partition coefficient (Wildman–Crippen LogP) is 4.06. The van der Waals surface area contributed by atoms with Crippen molar-refractivity contribution in [3.05, 3.63) is 84.2 Å². The number of rotatable bonds is 8. The monoisotopic (exact) mass is 435 g/mol. The molecule has 0 fully saturated rings. The minimum atomic E-state index is 0.282. The molecule has 0 unspecified atom stereocenters. The van der Waals surface area contributed by atoms with E-state index in [1.165, 1.54) is 0 Å². The summed E-state index contributed by atoms with van der Waals surface area (Å²) in [7, 11) is 0. The van der Waals surface area contributed by atoms with Gasteiger partial charge in [-0.05, 0) is 47.9 Å². The number of benzene rings is 1. The molecule has 3 aromatic heterocycles. The number of aromatic nitrogens is 4. The average Bonchev–Trinajstić information content (AvgIpc) is 3.29. The molecule has 0 aliphatic heterocycles. The third-order valence-corrected chi connectivity index (χ3v) is 5.04. The van der Waals surface area contributed by atoms with Crippen LogP contribution in [0.25, 0.3) is 16.9 Å². The fourth-order valence-electron chi connectivity index (χ4n) is 3.35. The van der Waals surface area contributed by atoms with Crippen molar-refractivity contribution in [1.82, 2.24) is 19.5 Å². The van der Waals surface area contributed by atoms with Gasteiger partial charge < -0.3 is 10.5 Å². The van der Waals surface area contributed by atoms with Gasteiger partial charge in [-0.2, -0.15) is 10.5 Å². The first kappa shape index (κ1) is 21.5. The highest BCUT2D eigenvalue weighted by atomic mass is 16.5. The fraction of sp³-hybridized carbons (Fsp3) is 0.160. The number of nitrogens with two attached hydrogens (primary N) is 1. The summed E-state index contributed by atoms with van der Waals surface area (Å²) >= 11 is 0. The highest BCUT2D eigenvalue weighted by Crippen LogP contribution is 2.25. The van der Waals surface area contributed by atoms with Gasteiger partial charge in [-0.1, -0.05) is 6.07 Å². The van der Waals surface area contributed by atoms with Crippen molar-refractivity contribution in [3.8, 4) is 35.0 Å². The number of hydrogen-bond acceptors (Lipinski definition) is 7. The number of nitriles is 2. The molecule has 2 N–H and O–H groups in total. The van der Waals surface area contributed by atoms with E-state index in [0.717, 1.165) is 22.4 Å². The van der Waals surface area contributed by atoms with Gasteiger partial charge in [-0.3, -0.25) is 9.55 Å². The summed E-state index contributed by atoms with van der Waals surface area (Å²) in [5, 5.41) is 18.2. The summed E-state index contributed by atoms with van der Waals surface area (Å²) in [6.07, 6.45) is 8.70. The fourth-order valence-corrected chi connectivity index (χ4v) is 3.35. The first-order chi connectivity index (χ1) is 16.2. The highest BCUT2D eigenvalue weighted by molar-refractivity contribution is 5.60. The molecular formula is C25H21N7O. The molecule has 1 aromatic carbocycles. The molecule has 0 atom stereocenters. The second kappa shape index (κ2) is 10.1. The van der Waals surface area contributed by atoms with Crippen molar-refractivity contribution in [3.63, 3.8) is 0 Å². The van der Waals surface area contributed by atoms with Gasteiger partial charge in [0.1, 0.15) is 6.07 Å². The lowest BCUT2D eigenvalue weighted by atomic mass is 10.0. The van der Waals surface area contributed by atoms with Crippen LogP contribution in [0.5, 0.6) is 5.88 Å². The molecule has 3 heterocycles. The zero-order chi connectivity index (χ0) is 23.0. The summed E-state index contributed by atoms with van der Waals surface area (Å²) in [6.45, 7) is 0.460. The Kier molecular flexibility index (Phi) is 6.58. The zero-order valence-corrected chi connectivity index (χ0v) is 17.8. The summed E-state index contributed by atoms with van der Waals surface area (Å²) in [5.41, 5.74) is 11.1. The normalized spacial score (nSPS) is 10.4. The number of hydrogen-bond donors (Lipinski definition) is 1. The van der Waals surface area contributed by atoms with E-state index in [1.54, 1.807) is 23.2 Å². The first-order valence-corrected chi connectivity index (χ1v) is 10.4. The van der Waals surface area contributed by atoms with Crippen LogP contribution in [-0.4, -0.2) is 26.1 Å². The van der Waals surface area contributed by atoms with Crippen molar-refractivity contribution in [2.24, 2.45) is 0 Å². The number of ether oxygens (including phenoxy) is 1. The van der Waals surface area contributed by atoms with Crippen molar-refractivity contribution in [1.29, 1.82) is 10.5 Å². The van der Waals surface area contributed by atoms with Gasteiger partial charge in [0.25, 0.3) is 0 Å². The third kappa shape index (κ3) is 5.15.